The number of hydrogen-bond donors (Lipinski definition) is 0. The minimum atomic E-state index is -0.203. The molecule has 1 atom stereocenters. The SMILES string of the molecule is CC(C)CC1OCc2cc(Cl)cc(Cl)c2O1. The van der Waals surface area contributed by atoms with E-state index in [9.17, 15) is 0 Å². The highest BCUT2D eigenvalue weighted by Gasteiger charge is 2.23. The van der Waals surface area contributed by atoms with Crippen molar-refractivity contribution in [2.45, 2.75) is 33.2 Å². The molecule has 4 heteroatoms. The molecule has 1 aromatic carbocycles. The van der Waals surface area contributed by atoms with E-state index in [4.69, 9.17) is 32.7 Å². The van der Waals surface area contributed by atoms with Gasteiger partial charge in [0.05, 0.1) is 11.6 Å². The van der Waals surface area contributed by atoms with E-state index in [-0.39, 0.29) is 6.29 Å². The number of halogens is 2. The van der Waals surface area contributed by atoms with Crippen LogP contribution in [-0.4, -0.2) is 6.29 Å². The molecule has 1 aliphatic heterocycles. The molecule has 0 spiro atoms. The maximum Gasteiger partial charge on any atom is 0.200 e. The van der Waals surface area contributed by atoms with Gasteiger partial charge in [-0.25, -0.2) is 0 Å². The van der Waals surface area contributed by atoms with Crippen molar-refractivity contribution >= 4 is 23.2 Å². The van der Waals surface area contributed by atoms with Gasteiger partial charge in [0.1, 0.15) is 5.75 Å². The van der Waals surface area contributed by atoms with E-state index in [0.29, 0.717) is 28.3 Å². The van der Waals surface area contributed by atoms with Crippen molar-refractivity contribution in [2.75, 3.05) is 0 Å². The third-order valence-electron chi connectivity index (χ3n) is 2.42. The van der Waals surface area contributed by atoms with Crippen molar-refractivity contribution in [2.24, 2.45) is 5.92 Å². The maximum atomic E-state index is 6.08. The standard InChI is InChI=1S/C12H14Cl2O2/c1-7(2)3-11-15-6-8-4-9(13)5-10(14)12(8)16-11/h4-5,7,11H,3,6H2,1-2H3. The van der Waals surface area contributed by atoms with Gasteiger partial charge in [-0.05, 0) is 18.1 Å². The summed E-state index contributed by atoms with van der Waals surface area (Å²) in [4.78, 5) is 0. The predicted octanol–water partition coefficient (Wildman–Crippen LogP) is 4.27. The van der Waals surface area contributed by atoms with Gasteiger partial charge in [-0.15, -0.1) is 0 Å². The van der Waals surface area contributed by atoms with Gasteiger partial charge in [-0.3, -0.25) is 0 Å². The molecule has 0 fully saturated rings. The third-order valence-corrected chi connectivity index (χ3v) is 2.92. The lowest BCUT2D eigenvalue weighted by molar-refractivity contribution is -0.116. The molecule has 1 heterocycles. The van der Waals surface area contributed by atoms with Gasteiger partial charge in [-0.1, -0.05) is 37.0 Å². The Morgan fingerprint density at radius 3 is 2.81 bits per heavy atom. The normalized spacial score (nSPS) is 19.4. The highest BCUT2D eigenvalue weighted by atomic mass is 35.5. The molecule has 0 aliphatic carbocycles. The highest BCUT2D eigenvalue weighted by Crippen LogP contribution is 2.37. The molecule has 1 aliphatic rings. The fraction of sp³-hybridized carbons (Fsp3) is 0.500. The fourth-order valence-electron chi connectivity index (χ4n) is 1.70. The summed E-state index contributed by atoms with van der Waals surface area (Å²) in [6.45, 7) is 4.77. The zero-order valence-electron chi connectivity index (χ0n) is 9.30. The quantitative estimate of drug-likeness (QED) is 0.791. The second-order valence-corrected chi connectivity index (χ2v) is 5.21. The van der Waals surface area contributed by atoms with Gasteiger partial charge in [0.15, 0.2) is 0 Å². The first-order valence-electron chi connectivity index (χ1n) is 5.32. The average molecular weight is 261 g/mol. The molecule has 1 unspecified atom stereocenters. The van der Waals surface area contributed by atoms with Crippen LogP contribution in [0.4, 0.5) is 0 Å². The Balaban J connectivity index is 2.20. The van der Waals surface area contributed by atoms with Crippen LogP contribution in [0.1, 0.15) is 25.8 Å². The highest BCUT2D eigenvalue weighted by molar-refractivity contribution is 6.35. The summed E-state index contributed by atoms with van der Waals surface area (Å²) < 4.78 is 11.3. The summed E-state index contributed by atoms with van der Waals surface area (Å²) in [7, 11) is 0. The summed E-state index contributed by atoms with van der Waals surface area (Å²) in [5.41, 5.74) is 0.914. The Bertz CT molecular complexity index is 391. The number of ether oxygens (including phenoxy) is 2. The van der Waals surface area contributed by atoms with Gasteiger partial charge < -0.3 is 9.47 Å². The number of hydrogen-bond acceptors (Lipinski definition) is 2. The molecule has 88 valence electrons. The lowest BCUT2D eigenvalue weighted by Gasteiger charge is -2.28. The average Bonchev–Trinajstić information content (AvgIpc) is 2.18. The second kappa shape index (κ2) is 4.82. The third kappa shape index (κ3) is 2.62. The summed E-state index contributed by atoms with van der Waals surface area (Å²) >= 11 is 12.0. The van der Waals surface area contributed by atoms with Gasteiger partial charge in [-0.2, -0.15) is 0 Å². The Kier molecular flexibility index (Phi) is 3.63. The number of rotatable bonds is 2. The lowest BCUT2D eigenvalue weighted by Crippen LogP contribution is -2.27. The molecule has 0 aromatic heterocycles. The molecule has 0 amide bonds. The monoisotopic (exact) mass is 260 g/mol. The molecular weight excluding hydrogens is 247 g/mol. The Morgan fingerprint density at radius 1 is 1.38 bits per heavy atom. The smallest absolute Gasteiger partial charge is 0.200 e. The van der Waals surface area contributed by atoms with Crippen LogP contribution in [0.15, 0.2) is 12.1 Å². The molecule has 0 saturated carbocycles. The zero-order valence-corrected chi connectivity index (χ0v) is 10.8. The molecule has 16 heavy (non-hydrogen) atoms. The molecule has 0 bridgehead atoms. The van der Waals surface area contributed by atoms with Gasteiger partial charge in [0.25, 0.3) is 0 Å². The minimum Gasteiger partial charge on any atom is -0.463 e. The lowest BCUT2D eigenvalue weighted by atomic mass is 10.1. The Morgan fingerprint density at radius 2 is 2.12 bits per heavy atom. The van der Waals surface area contributed by atoms with Crippen LogP contribution in [-0.2, 0) is 11.3 Å². The fourth-order valence-corrected chi connectivity index (χ4v) is 2.28. The first-order chi connectivity index (χ1) is 7.56. The molecule has 1 aromatic rings. The molecule has 2 nitrogen and oxygen atoms in total. The van der Waals surface area contributed by atoms with E-state index in [0.717, 1.165) is 12.0 Å². The van der Waals surface area contributed by atoms with Gasteiger partial charge in [0, 0.05) is 17.0 Å². The molecule has 0 saturated heterocycles. The van der Waals surface area contributed by atoms with Crippen molar-refractivity contribution in [1.82, 2.24) is 0 Å². The van der Waals surface area contributed by atoms with Crippen molar-refractivity contribution < 1.29 is 9.47 Å². The maximum absolute atomic E-state index is 6.08. The van der Waals surface area contributed by atoms with Crippen molar-refractivity contribution in [3.05, 3.63) is 27.7 Å². The van der Waals surface area contributed by atoms with E-state index in [1.165, 1.54) is 0 Å². The summed E-state index contributed by atoms with van der Waals surface area (Å²) in [5.74, 6) is 1.24. The van der Waals surface area contributed by atoms with Gasteiger partial charge >= 0.3 is 0 Å². The summed E-state index contributed by atoms with van der Waals surface area (Å²) in [5, 5.41) is 1.16. The largest absolute Gasteiger partial charge is 0.463 e. The topological polar surface area (TPSA) is 18.5 Å². The Labute approximate surface area is 105 Å². The Hall–Kier alpha value is -0.440. The van der Waals surface area contributed by atoms with Crippen LogP contribution in [0, 0.1) is 5.92 Å². The van der Waals surface area contributed by atoms with E-state index in [2.05, 4.69) is 13.8 Å². The van der Waals surface area contributed by atoms with Crippen LogP contribution in [0.5, 0.6) is 5.75 Å². The summed E-state index contributed by atoms with van der Waals surface area (Å²) in [6, 6.07) is 3.52. The second-order valence-electron chi connectivity index (χ2n) is 4.36. The van der Waals surface area contributed by atoms with Crippen LogP contribution in [0.25, 0.3) is 0 Å². The van der Waals surface area contributed by atoms with Crippen molar-refractivity contribution in [3.63, 3.8) is 0 Å². The number of fused-ring (bicyclic) bond motifs is 1. The van der Waals surface area contributed by atoms with Crippen LogP contribution in [0.3, 0.4) is 0 Å². The zero-order chi connectivity index (χ0) is 11.7. The van der Waals surface area contributed by atoms with E-state index in [1.807, 2.05) is 6.07 Å². The van der Waals surface area contributed by atoms with E-state index in [1.54, 1.807) is 6.07 Å². The van der Waals surface area contributed by atoms with Crippen molar-refractivity contribution in [1.29, 1.82) is 0 Å². The van der Waals surface area contributed by atoms with Crippen LogP contribution < -0.4 is 4.74 Å². The number of benzene rings is 1. The van der Waals surface area contributed by atoms with Crippen molar-refractivity contribution in [3.8, 4) is 5.75 Å². The molecule has 0 N–H and O–H groups in total. The minimum absolute atomic E-state index is 0.203. The van der Waals surface area contributed by atoms with Crippen LogP contribution in [0.2, 0.25) is 10.0 Å². The molecule has 2 rings (SSSR count). The summed E-state index contributed by atoms with van der Waals surface area (Å²) in [6.07, 6.45) is 0.657. The predicted molar refractivity (Wildman–Crippen MR) is 65.1 cm³/mol. The van der Waals surface area contributed by atoms with E-state index < -0.39 is 0 Å². The molecule has 0 radical (unpaired) electrons. The first kappa shape index (κ1) is 12.0. The van der Waals surface area contributed by atoms with E-state index >= 15 is 0 Å². The molecular formula is C12H14Cl2O2. The van der Waals surface area contributed by atoms with Gasteiger partial charge in [0.2, 0.25) is 6.29 Å². The van der Waals surface area contributed by atoms with Crippen LogP contribution >= 0.6 is 23.2 Å². The first-order valence-corrected chi connectivity index (χ1v) is 6.08.